The van der Waals surface area contributed by atoms with E-state index in [-0.39, 0.29) is 37.8 Å². The van der Waals surface area contributed by atoms with Crippen molar-refractivity contribution in [3.05, 3.63) is 64.7 Å². The van der Waals surface area contributed by atoms with Crippen LogP contribution in [0.15, 0.2) is 36.4 Å². The van der Waals surface area contributed by atoms with Crippen LogP contribution in [0.5, 0.6) is 5.75 Å². The molecule has 2 aromatic carbocycles. The third kappa shape index (κ3) is 6.73. The van der Waals surface area contributed by atoms with Gasteiger partial charge in [0.25, 0.3) is 0 Å². The van der Waals surface area contributed by atoms with Gasteiger partial charge in [-0.1, -0.05) is 6.07 Å². The van der Waals surface area contributed by atoms with Crippen molar-refractivity contribution in [3.8, 4) is 5.75 Å². The second-order valence-electron chi connectivity index (χ2n) is 9.41. The van der Waals surface area contributed by atoms with E-state index in [2.05, 4.69) is 5.32 Å². The van der Waals surface area contributed by atoms with Gasteiger partial charge in [0.2, 0.25) is 10.0 Å². The number of ether oxygens (including phenoxy) is 2. The summed E-state index contributed by atoms with van der Waals surface area (Å²) in [5.41, 5.74) is 2.48. The number of aryl methyl sites for hydroxylation is 1. The molecule has 2 atom stereocenters. The second-order valence-corrected chi connectivity index (χ2v) is 11.3. The lowest BCUT2D eigenvalue weighted by Crippen LogP contribution is -2.43. The topological polar surface area (TPSA) is 84.9 Å². The largest absolute Gasteiger partial charge is 0.492 e. The number of nitrogens with zero attached hydrogens (tertiary/aromatic N) is 1. The fourth-order valence-corrected chi connectivity index (χ4v) is 6.09. The number of carbonyl (C=O) groups excluding carboxylic acids is 1. The highest BCUT2D eigenvalue weighted by molar-refractivity contribution is 7.88. The Balaban J connectivity index is 1.55. The maximum absolute atomic E-state index is 13.9. The first-order chi connectivity index (χ1) is 17.1. The van der Waals surface area contributed by atoms with Gasteiger partial charge in [0.05, 0.1) is 12.9 Å². The Hall–Kier alpha value is -2.72. The van der Waals surface area contributed by atoms with Gasteiger partial charge in [-0.25, -0.2) is 22.0 Å². The lowest BCUT2D eigenvalue weighted by atomic mass is 9.76. The number of amides is 1. The monoisotopic (exact) mass is 522 g/mol. The number of rotatable bonds is 10. The van der Waals surface area contributed by atoms with Gasteiger partial charge in [0, 0.05) is 30.6 Å². The molecule has 0 heterocycles. The molecule has 1 N–H and O–H groups in total. The van der Waals surface area contributed by atoms with E-state index in [1.54, 1.807) is 6.92 Å². The number of halogens is 2. The van der Waals surface area contributed by atoms with Crippen molar-refractivity contribution < 1.29 is 31.5 Å². The predicted octanol–water partition coefficient (Wildman–Crippen LogP) is 4.15. The number of fused-ring (bicyclic) bond motifs is 1. The smallest absolute Gasteiger partial charge is 0.407 e. The van der Waals surface area contributed by atoms with E-state index in [0.29, 0.717) is 30.6 Å². The Labute approximate surface area is 210 Å². The Bertz CT molecular complexity index is 1180. The van der Waals surface area contributed by atoms with Crippen molar-refractivity contribution in [2.45, 2.75) is 57.0 Å². The third-order valence-corrected chi connectivity index (χ3v) is 7.98. The molecule has 0 bridgehead atoms. The molecule has 0 radical (unpaired) electrons. The minimum absolute atomic E-state index is 0.0536. The van der Waals surface area contributed by atoms with Crippen LogP contribution in [0.3, 0.4) is 0 Å². The van der Waals surface area contributed by atoms with E-state index < -0.39 is 27.8 Å². The molecule has 7 nitrogen and oxygen atoms in total. The molecule has 2 aliphatic rings. The quantitative estimate of drug-likeness (QED) is 0.507. The molecule has 4 rings (SSSR count). The van der Waals surface area contributed by atoms with Gasteiger partial charge >= 0.3 is 6.09 Å². The lowest BCUT2D eigenvalue weighted by molar-refractivity contribution is 0.144. The summed E-state index contributed by atoms with van der Waals surface area (Å²) >= 11 is 0. The van der Waals surface area contributed by atoms with Crippen molar-refractivity contribution >= 4 is 16.1 Å². The van der Waals surface area contributed by atoms with Crippen LogP contribution in [-0.4, -0.2) is 56.9 Å². The molecule has 0 saturated heterocycles. The van der Waals surface area contributed by atoms with Crippen LogP contribution < -0.4 is 10.1 Å². The van der Waals surface area contributed by atoms with Crippen molar-refractivity contribution in [2.24, 2.45) is 0 Å². The molecule has 2 aliphatic carbocycles. The first-order valence-corrected chi connectivity index (χ1v) is 14.1. The summed E-state index contributed by atoms with van der Waals surface area (Å²) < 4.78 is 64.4. The molecule has 1 fully saturated rings. The van der Waals surface area contributed by atoms with Crippen LogP contribution in [0, 0.1) is 11.6 Å². The van der Waals surface area contributed by atoms with E-state index >= 15 is 0 Å². The zero-order valence-electron chi connectivity index (χ0n) is 20.5. The van der Waals surface area contributed by atoms with Gasteiger partial charge in [0.1, 0.15) is 24.0 Å². The Morgan fingerprint density at radius 3 is 2.47 bits per heavy atom. The molecule has 10 heteroatoms. The van der Waals surface area contributed by atoms with Gasteiger partial charge in [-0.3, -0.25) is 0 Å². The van der Waals surface area contributed by atoms with Gasteiger partial charge in [-0.2, -0.15) is 4.31 Å². The zero-order chi connectivity index (χ0) is 25.9. The molecule has 1 amide bonds. The number of carbonyl (C=O) groups is 1. The Kier molecular flexibility index (Phi) is 8.14. The van der Waals surface area contributed by atoms with Crippen molar-refractivity contribution in [3.63, 3.8) is 0 Å². The lowest BCUT2D eigenvalue weighted by Gasteiger charge is -2.34. The molecule has 36 heavy (non-hydrogen) atoms. The number of hydrogen-bond acceptors (Lipinski definition) is 5. The van der Waals surface area contributed by atoms with E-state index in [1.807, 2.05) is 18.2 Å². The van der Waals surface area contributed by atoms with E-state index in [1.165, 1.54) is 22.7 Å². The van der Waals surface area contributed by atoms with Gasteiger partial charge < -0.3 is 14.8 Å². The highest BCUT2D eigenvalue weighted by Crippen LogP contribution is 2.37. The van der Waals surface area contributed by atoms with Gasteiger partial charge in [-0.15, -0.1) is 0 Å². The number of sulfonamides is 1. The van der Waals surface area contributed by atoms with Crippen LogP contribution in [0.4, 0.5) is 13.6 Å². The van der Waals surface area contributed by atoms with Crippen LogP contribution in [-0.2, 0) is 27.6 Å². The average molecular weight is 523 g/mol. The molecule has 1 saturated carbocycles. The van der Waals surface area contributed by atoms with Gasteiger partial charge in [0.15, 0.2) is 0 Å². The number of hydrogen-bond donors (Lipinski definition) is 1. The highest BCUT2D eigenvalue weighted by Gasteiger charge is 2.35. The maximum atomic E-state index is 13.9. The van der Waals surface area contributed by atoms with E-state index in [0.717, 1.165) is 30.0 Å². The Morgan fingerprint density at radius 1 is 1.11 bits per heavy atom. The highest BCUT2D eigenvalue weighted by atomic mass is 32.2. The van der Waals surface area contributed by atoms with Crippen molar-refractivity contribution in [1.82, 2.24) is 9.62 Å². The summed E-state index contributed by atoms with van der Waals surface area (Å²) in [7, 11) is -3.30. The summed E-state index contributed by atoms with van der Waals surface area (Å²) in [6, 6.07) is 8.88. The van der Waals surface area contributed by atoms with Crippen LogP contribution >= 0.6 is 0 Å². The molecular formula is C26H32F2N2O5S. The number of alkyl carbamates (subject to hydrolysis) is 1. The minimum atomic E-state index is -3.30. The van der Waals surface area contributed by atoms with E-state index in [4.69, 9.17) is 9.47 Å². The second kappa shape index (κ2) is 11.1. The molecule has 2 unspecified atom stereocenters. The normalized spacial score (nSPS) is 19.6. The van der Waals surface area contributed by atoms with Crippen molar-refractivity contribution in [2.75, 3.05) is 26.0 Å². The summed E-state index contributed by atoms with van der Waals surface area (Å²) in [6.07, 6.45) is 4.08. The SMILES string of the molecule is CCOC(=O)NC1CCc2ccc(OCCN(C3CC3)S(C)(=O)=O)cc2C1Cc1cc(F)cc(F)c1. The average Bonchev–Trinajstić information content (AvgIpc) is 3.62. The fourth-order valence-electron chi connectivity index (χ4n) is 4.93. The molecular weight excluding hydrogens is 490 g/mol. The van der Waals surface area contributed by atoms with Crippen LogP contribution in [0.1, 0.15) is 48.8 Å². The molecule has 2 aromatic rings. The predicted molar refractivity (Wildman–Crippen MR) is 132 cm³/mol. The standard InChI is InChI=1S/C26H32F2N2O5S/c1-3-34-26(31)29-25-9-5-18-4-8-22(35-11-10-30(21-6-7-21)36(2,32)33)16-23(18)24(25)14-17-12-19(27)15-20(28)13-17/h4,8,12-13,15-16,21,24-25H,3,5-7,9-11,14H2,1-2H3,(H,29,31). The molecule has 196 valence electrons. The number of benzene rings is 2. The summed E-state index contributed by atoms with van der Waals surface area (Å²) in [6.45, 7) is 2.42. The molecule has 0 aliphatic heterocycles. The Morgan fingerprint density at radius 2 is 1.83 bits per heavy atom. The fraction of sp³-hybridized carbons (Fsp3) is 0.500. The summed E-state index contributed by atoms with van der Waals surface area (Å²) in [5, 5.41) is 2.91. The van der Waals surface area contributed by atoms with Crippen LogP contribution in [0.25, 0.3) is 0 Å². The molecule has 0 spiro atoms. The maximum Gasteiger partial charge on any atom is 0.407 e. The van der Waals surface area contributed by atoms with Gasteiger partial charge in [-0.05, 0) is 80.0 Å². The van der Waals surface area contributed by atoms with Crippen molar-refractivity contribution in [1.29, 1.82) is 0 Å². The molecule has 0 aromatic heterocycles. The summed E-state index contributed by atoms with van der Waals surface area (Å²) in [4.78, 5) is 12.2. The third-order valence-electron chi connectivity index (χ3n) is 6.64. The minimum Gasteiger partial charge on any atom is -0.492 e. The first-order valence-electron chi connectivity index (χ1n) is 12.2. The first kappa shape index (κ1) is 26.3. The zero-order valence-corrected chi connectivity index (χ0v) is 21.3. The number of nitrogens with one attached hydrogen (secondary N) is 1. The van der Waals surface area contributed by atoms with Crippen LogP contribution in [0.2, 0.25) is 0 Å². The summed E-state index contributed by atoms with van der Waals surface area (Å²) in [5.74, 6) is -0.995. The van der Waals surface area contributed by atoms with E-state index in [9.17, 15) is 22.0 Å².